The van der Waals surface area contributed by atoms with E-state index >= 15 is 0 Å². The molecule has 1 atom stereocenters. The number of carbonyl (C=O) groups is 1. The second-order valence-corrected chi connectivity index (χ2v) is 2.97. The van der Waals surface area contributed by atoms with E-state index < -0.39 is 6.10 Å². The summed E-state index contributed by atoms with van der Waals surface area (Å²) in [6, 6.07) is 0. The zero-order valence-electron chi connectivity index (χ0n) is 6.60. The topological polar surface area (TPSA) is 55.1 Å². The Bertz CT molecular complexity index is 306. The van der Waals surface area contributed by atoms with Crippen LogP contribution in [0.5, 0.6) is 0 Å². The van der Waals surface area contributed by atoms with E-state index in [9.17, 15) is 9.90 Å². The fourth-order valence-corrected chi connectivity index (χ4v) is 1.58. The third kappa shape index (κ3) is 0.956. The molecule has 0 fully saturated rings. The SMILES string of the molecule is O=Cc1cnc2n1CCCC2O. The number of hydrogen-bond donors (Lipinski definition) is 1. The van der Waals surface area contributed by atoms with Gasteiger partial charge in [-0.15, -0.1) is 0 Å². The van der Waals surface area contributed by atoms with Crippen LogP contribution >= 0.6 is 0 Å². The lowest BCUT2D eigenvalue weighted by molar-refractivity contribution is 0.110. The number of rotatable bonds is 1. The predicted octanol–water partition coefficient (Wildman–Crippen LogP) is 0.523. The van der Waals surface area contributed by atoms with Gasteiger partial charge in [-0.05, 0) is 12.8 Å². The Balaban J connectivity index is 2.47. The van der Waals surface area contributed by atoms with Crippen molar-refractivity contribution in [3.8, 4) is 0 Å². The molecule has 1 aliphatic heterocycles. The van der Waals surface area contributed by atoms with Gasteiger partial charge >= 0.3 is 0 Å². The number of carbonyl (C=O) groups excluding carboxylic acids is 1. The van der Waals surface area contributed by atoms with Gasteiger partial charge in [0.25, 0.3) is 0 Å². The smallest absolute Gasteiger partial charge is 0.168 e. The van der Waals surface area contributed by atoms with Crippen LogP contribution < -0.4 is 0 Å². The predicted molar refractivity (Wildman–Crippen MR) is 41.8 cm³/mol. The number of hydrogen-bond acceptors (Lipinski definition) is 3. The molecular formula is C8H10N2O2. The number of nitrogens with zero attached hydrogens (tertiary/aromatic N) is 2. The van der Waals surface area contributed by atoms with Gasteiger partial charge in [-0.2, -0.15) is 0 Å². The van der Waals surface area contributed by atoms with Crippen LogP contribution in [-0.2, 0) is 6.54 Å². The second kappa shape index (κ2) is 2.71. The van der Waals surface area contributed by atoms with Crippen molar-refractivity contribution in [2.75, 3.05) is 0 Å². The minimum absolute atomic E-state index is 0.493. The Hall–Kier alpha value is -1.16. The van der Waals surface area contributed by atoms with Crippen molar-refractivity contribution in [3.63, 3.8) is 0 Å². The van der Waals surface area contributed by atoms with Crippen molar-refractivity contribution in [2.24, 2.45) is 0 Å². The quantitative estimate of drug-likeness (QED) is 0.619. The fourth-order valence-electron chi connectivity index (χ4n) is 1.58. The maximum Gasteiger partial charge on any atom is 0.168 e. The van der Waals surface area contributed by atoms with Gasteiger partial charge in [0.1, 0.15) is 17.6 Å². The molecule has 0 amide bonds. The van der Waals surface area contributed by atoms with Crippen molar-refractivity contribution in [1.82, 2.24) is 9.55 Å². The monoisotopic (exact) mass is 166 g/mol. The molecule has 0 saturated heterocycles. The number of fused-ring (bicyclic) bond motifs is 1. The first-order valence-electron chi connectivity index (χ1n) is 4.01. The van der Waals surface area contributed by atoms with Gasteiger partial charge < -0.3 is 9.67 Å². The summed E-state index contributed by atoms with van der Waals surface area (Å²) in [5, 5.41) is 9.47. The highest BCUT2D eigenvalue weighted by atomic mass is 16.3. The van der Waals surface area contributed by atoms with Crippen molar-refractivity contribution < 1.29 is 9.90 Å². The molecule has 0 spiro atoms. The van der Waals surface area contributed by atoms with Crippen LogP contribution in [0.15, 0.2) is 6.20 Å². The summed E-state index contributed by atoms with van der Waals surface area (Å²) in [6.45, 7) is 0.792. The van der Waals surface area contributed by atoms with E-state index in [1.807, 2.05) is 0 Å². The van der Waals surface area contributed by atoms with E-state index in [2.05, 4.69) is 4.98 Å². The summed E-state index contributed by atoms with van der Waals surface area (Å²) in [6.07, 6.45) is 3.44. The Morgan fingerprint density at radius 1 is 1.75 bits per heavy atom. The normalized spacial score (nSPS) is 21.9. The molecule has 64 valence electrons. The van der Waals surface area contributed by atoms with Crippen molar-refractivity contribution in [1.29, 1.82) is 0 Å². The summed E-state index contributed by atoms with van der Waals surface area (Å²) in [7, 11) is 0. The van der Waals surface area contributed by atoms with Crippen LogP contribution in [-0.4, -0.2) is 20.9 Å². The number of imidazole rings is 1. The summed E-state index contributed by atoms with van der Waals surface area (Å²) < 4.78 is 1.78. The van der Waals surface area contributed by atoms with E-state index in [-0.39, 0.29) is 0 Å². The van der Waals surface area contributed by atoms with Crippen molar-refractivity contribution in [3.05, 3.63) is 17.7 Å². The van der Waals surface area contributed by atoms with E-state index in [0.29, 0.717) is 11.5 Å². The second-order valence-electron chi connectivity index (χ2n) is 2.97. The van der Waals surface area contributed by atoms with E-state index in [1.165, 1.54) is 6.20 Å². The highest BCUT2D eigenvalue weighted by Crippen LogP contribution is 2.23. The third-order valence-corrected chi connectivity index (χ3v) is 2.20. The molecule has 1 aromatic rings. The maximum atomic E-state index is 10.5. The minimum Gasteiger partial charge on any atom is -0.385 e. The molecule has 0 aromatic carbocycles. The van der Waals surface area contributed by atoms with Crippen LogP contribution in [0.2, 0.25) is 0 Å². The van der Waals surface area contributed by atoms with E-state index in [0.717, 1.165) is 25.7 Å². The molecule has 4 nitrogen and oxygen atoms in total. The fraction of sp³-hybridized carbons (Fsp3) is 0.500. The molecule has 0 saturated carbocycles. The van der Waals surface area contributed by atoms with Gasteiger partial charge in [0.2, 0.25) is 0 Å². The molecule has 1 N–H and O–H groups in total. The van der Waals surface area contributed by atoms with Crippen LogP contribution in [0.25, 0.3) is 0 Å². The number of aromatic nitrogens is 2. The van der Waals surface area contributed by atoms with Gasteiger partial charge in [-0.1, -0.05) is 0 Å². The first-order valence-corrected chi connectivity index (χ1v) is 4.01. The van der Waals surface area contributed by atoms with E-state index in [4.69, 9.17) is 0 Å². The van der Waals surface area contributed by atoms with Crippen molar-refractivity contribution in [2.45, 2.75) is 25.5 Å². The Kier molecular flexibility index (Phi) is 1.69. The largest absolute Gasteiger partial charge is 0.385 e. The Labute approximate surface area is 69.8 Å². The van der Waals surface area contributed by atoms with Crippen LogP contribution in [0.4, 0.5) is 0 Å². The first-order chi connectivity index (χ1) is 5.83. The first kappa shape index (κ1) is 7.49. The minimum atomic E-state index is -0.493. The molecule has 4 heteroatoms. The summed E-state index contributed by atoms with van der Waals surface area (Å²) >= 11 is 0. The van der Waals surface area contributed by atoms with Gasteiger partial charge in [-0.3, -0.25) is 4.79 Å². The number of aldehydes is 1. The highest BCUT2D eigenvalue weighted by molar-refractivity contribution is 5.71. The summed E-state index contributed by atoms with van der Waals surface area (Å²) in [5.74, 6) is 0.628. The molecule has 0 aliphatic carbocycles. The maximum absolute atomic E-state index is 10.5. The molecule has 1 aromatic heterocycles. The summed E-state index contributed by atoms with van der Waals surface area (Å²) in [4.78, 5) is 14.5. The summed E-state index contributed by atoms with van der Waals surface area (Å²) in [5.41, 5.74) is 0.559. The van der Waals surface area contributed by atoms with Crippen LogP contribution in [0.1, 0.15) is 35.3 Å². The lowest BCUT2D eigenvalue weighted by atomic mass is 10.1. The lowest BCUT2D eigenvalue weighted by Crippen LogP contribution is -2.17. The molecule has 12 heavy (non-hydrogen) atoms. The average Bonchev–Trinajstić information content (AvgIpc) is 2.49. The Morgan fingerprint density at radius 2 is 2.58 bits per heavy atom. The molecular weight excluding hydrogens is 156 g/mol. The molecule has 2 heterocycles. The van der Waals surface area contributed by atoms with Gasteiger partial charge in [0.15, 0.2) is 6.29 Å². The van der Waals surface area contributed by atoms with Crippen LogP contribution in [0.3, 0.4) is 0 Å². The van der Waals surface area contributed by atoms with E-state index in [1.54, 1.807) is 4.57 Å². The average molecular weight is 166 g/mol. The van der Waals surface area contributed by atoms with Gasteiger partial charge in [-0.25, -0.2) is 4.98 Å². The van der Waals surface area contributed by atoms with Crippen molar-refractivity contribution >= 4 is 6.29 Å². The molecule has 2 rings (SSSR count). The Morgan fingerprint density at radius 3 is 3.33 bits per heavy atom. The number of aliphatic hydroxyl groups is 1. The lowest BCUT2D eigenvalue weighted by Gasteiger charge is -2.19. The molecule has 0 bridgehead atoms. The van der Waals surface area contributed by atoms with Crippen LogP contribution in [0, 0.1) is 0 Å². The zero-order valence-corrected chi connectivity index (χ0v) is 6.60. The third-order valence-electron chi connectivity index (χ3n) is 2.20. The molecule has 0 radical (unpaired) electrons. The van der Waals surface area contributed by atoms with Gasteiger partial charge in [0, 0.05) is 6.54 Å². The molecule has 1 aliphatic rings. The number of aliphatic hydroxyl groups excluding tert-OH is 1. The van der Waals surface area contributed by atoms with Gasteiger partial charge in [0.05, 0.1) is 6.20 Å². The highest BCUT2D eigenvalue weighted by Gasteiger charge is 2.21. The zero-order chi connectivity index (χ0) is 8.55. The standard InChI is InChI=1S/C8H10N2O2/c11-5-6-4-9-8-7(12)2-1-3-10(6)8/h4-5,7,12H,1-3H2. The molecule has 1 unspecified atom stereocenters.